The van der Waals surface area contributed by atoms with E-state index in [-0.39, 0.29) is 11.9 Å². The molecule has 0 aliphatic carbocycles. The number of pyridine rings is 1. The van der Waals surface area contributed by atoms with Gasteiger partial charge in [-0.3, -0.25) is 9.78 Å². The van der Waals surface area contributed by atoms with Crippen molar-refractivity contribution < 1.29 is 4.79 Å². The molecule has 0 bridgehead atoms. The van der Waals surface area contributed by atoms with E-state index in [1.807, 2.05) is 37.3 Å². The third-order valence-electron chi connectivity index (χ3n) is 2.87. The highest BCUT2D eigenvalue weighted by atomic mass is 79.9. The van der Waals surface area contributed by atoms with Crippen LogP contribution in [0.1, 0.15) is 35.4 Å². The lowest BCUT2D eigenvalue weighted by atomic mass is 10.0. The van der Waals surface area contributed by atoms with Crippen molar-refractivity contribution in [1.29, 1.82) is 0 Å². The predicted molar refractivity (Wildman–Crippen MR) is 78.9 cm³/mol. The molecule has 2 rings (SSSR count). The van der Waals surface area contributed by atoms with Crippen LogP contribution in [0.4, 0.5) is 0 Å². The molecule has 0 aliphatic heterocycles. The molecular formula is C15H15BrN2O. The minimum atomic E-state index is -0.156. The van der Waals surface area contributed by atoms with Gasteiger partial charge >= 0.3 is 0 Å². The third-order valence-corrected chi connectivity index (χ3v) is 3.36. The summed E-state index contributed by atoms with van der Waals surface area (Å²) in [6.45, 7) is 2.05. The number of rotatable bonds is 4. The van der Waals surface area contributed by atoms with Crippen LogP contribution in [0.15, 0.2) is 53.1 Å². The summed E-state index contributed by atoms with van der Waals surface area (Å²) >= 11 is 3.34. The van der Waals surface area contributed by atoms with Gasteiger partial charge in [-0.25, -0.2) is 0 Å². The smallest absolute Gasteiger partial charge is 0.270 e. The number of carbonyl (C=O) groups is 1. The minimum Gasteiger partial charge on any atom is -0.344 e. The Bertz CT molecular complexity index is 557. The van der Waals surface area contributed by atoms with E-state index in [1.165, 1.54) is 0 Å². The summed E-state index contributed by atoms with van der Waals surface area (Å²) in [7, 11) is 0. The van der Waals surface area contributed by atoms with E-state index < -0.39 is 0 Å². The molecular weight excluding hydrogens is 304 g/mol. The second-order valence-electron chi connectivity index (χ2n) is 4.20. The Hall–Kier alpha value is -1.68. The normalized spacial score (nSPS) is 11.9. The van der Waals surface area contributed by atoms with Crippen molar-refractivity contribution in [3.05, 3.63) is 64.4 Å². The quantitative estimate of drug-likeness (QED) is 0.933. The van der Waals surface area contributed by atoms with Crippen molar-refractivity contribution in [1.82, 2.24) is 10.3 Å². The van der Waals surface area contributed by atoms with Crippen LogP contribution in [-0.4, -0.2) is 10.9 Å². The van der Waals surface area contributed by atoms with E-state index >= 15 is 0 Å². The molecule has 1 aromatic heterocycles. The van der Waals surface area contributed by atoms with Gasteiger partial charge in [0, 0.05) is 10.7 Å². The van der Waals surface area contributed by atoms with Crippen molar-refractivity contribution >= 4 is 21.8 Å². The van der Waals surface area contributed by atoms with Gasteiger partial charge in [0.1, 0.15) is 5.69 Å². The fourth-order valence-corrected chi connectivity index (χ4v) is 2.20. The van der Waals surface area contributed by atoms with Gasteiger partial charge in [-0.1, -0.05) is 53.2 Å². The highest BCUT2D eigenvalue weighted by Gasteiger charge is 2.14. The van der Waals surface area contributed by atoms with E-state index in [2.05, 4.69) is 26.2 Å². The number of nitrogens with zero attached hydrogens (tertiary/aromatic N) is 1. The highest BCUT2D eigenvalue weighted by Crippen LogP contribution is 2.17. The summed E-state index contributed by atoms with van der Waals surface area (Å²) in [6.07, 6.45) is 2.45. The largest absolute Gasteiger partial charge is 0.344 e. The van der Waals surface area contributed by atoms with Crippen molar-refractivity contribution in [2.75, 3.05) is 0 Å². The Labute approximate surface area is 121 Å². The summed E-state index contributed by atoms with van der Waals surface area (Å²) in [4.78, 5) is 16.2. The second-order valence-corrected chi connectivity index (χ2v) is 5.12. The first kappa shape index (κ1) is 13.7. The predicted octanol–water partition coefficient (Wildman–Crippen LogP) is 3.73. The lowest BCUT2D eigenvalue weighted by Gasteiger charge is -2.17. The summed E-state index contributed by atoms with van der Waals surface area (Å²) < 4.78 is 0.848. The Morgan fingerprint density at radius 2 is 2.05 bits per heavy atom. The third kappa shape index (κ3) is 3.64. The van der Waals surface area contributed by atoms with E-state index in [0.29, 0.717) is 5.69 Å². The topological polar surface area (TPSA) is 42.0 Å². The summed E-state index contributed by atoms with van der Waals surface area (Å²) in [5, 5.41) is 3.00. The van der Waals surface area contributed by atoms with Gasteiger partial charge in [0.15, 0.2) is 0 Å². The van der Waals surface area contributed by atoms with Crippen molar-refractivity contribution in [2.24, 2.45) is 0 Å². The summed E-state index contributed by atoms with van der Waals surface area (Å²) in [6, 6.07) is 13.5. The van der Waals surface area contributed by atoms with E-state index in [1.54, 1.807) is 18.3 Å². The molecule has 0 aliphatic rings. The molecule has 0 saturated heterocycles. The molecule has 0 fully saturated rings. The zero-order valence-electron chi connectivity index (χ0n) is 10.6. The van der Waals surface area contributed by atoms with E-state index in [4.69, 9.17) is 0 Å². The Kier molecular flexibility index (Phi) is 4.68. The van der Waals surface area contributed by atoms with Crippen LogP contribution in [0.3, 0.4) is 0 Å². The van der Waals surface area contributed by atoms with Crippen LogP contribution in [0.5, 0.6) is 0 Å². The maximum atomic E-state index is 12.1. The Morgan fingerprint density at radius 1 is 1.32 bits per heavy atom. The minimum absolute atomic E-state index is 0.00878. The zero-order valence-corrected chi connectivity index (χ0v) is 12.2. The van der Waals surface area contributed by atoms with Crippen molar-refractivity contribution in [3.8, 4) is 0 Å². The first-order valence-electron chi connectivity index (χ1n) is 6.18. The fourth-order valence-electron chi connectivity index (χ4n) is 1.87. The number of benzene rings is 1. The SMILES string of the molecule is CCC(NC(=O)c1cc(Br)ccn1)c1ccccc1. The number of carbonyl (C=O) groups excluding carboxylic acids is 1. The molecule has 19 heavy (non-hydrogen) atoms. The monoisotopic (exact) mass is 318 g/mol. The molecule has 4 heteroatoms. The average Bonchev–Trinajstić information content (AvgIpc) is 2.45. The van der Waals surface area contributed by atoms with E-state index in [0.717, 1.165) is 16.5 Å². The number of hydrogen-bond donors (Lipinski definition) is 1. The van der Waals surface area contributed by atoms with Gasteiger partial charge in [0.05, 0.1) is 6.04 Å². The van der Waals surface area contributed by atoms with Crippen LogP contribution in [0.25, 0.3) is 0 Å². The van der Waals surface area contributed by atoms with Crippen LogP contribution >= 0.6 is 15.9 Å². The van der Waals surface area contributed by atoms with Crippen LogP contribution in [0, 0.1) is 0 Å². The lowest BCUT2D eigenvalue weighted by Crippen LogP contribution is -2.28. The first-order valence-corrected chi connectivity index (χ1v) is 6.97. The number of halogens is 1. The first-order chi connectivity index (χ1) is 9.20. The van der Waals surface area contributed by atoms with E-state index in [9.17, 15) is 4.79 Å². The lowest BCUT2D eigenvalue weighted by molar-refractivity contribution is 0.0930. The highest BCUT2D eigenvalue weighted by molar-refractivity contribution is 9.10. The van der Waals surface area contributed by atoms with Gasteiger partial charge in [-0.2, -0.15) is 0 Å². The molecule has 2 aromatic rings. The molecule has 1 N–H and O–H groups in total. The molecule has 1 atom stereocenters. The maximum absolute atomic E-state index is 12.1. The number of hydrogen-bond acceptors (Lipinski definition) is 2. The van der Waals surface area contributed by atoms with Gasteiger partial charge in [-0.15, -0.1) is 0 Å². The molecule has 98 valence electrons. The molecule has 1 aromatic carbocycles. The Balaban J connectivity index is 2.13. The second kappa shape index (κ2) is 6.48. The van der Waals surface area contributed by atoms with Gasteiger partial charge in [0.25, 0.3) is 5.91 Å². The summed E-state index contributed by atoms with van der Waals surface area (Å²) in [5.74, 6) is -0.156. The van der Waals surface area contributed by atoms with Crippen molar-refractivity contribution in [2.45, 2.75) is 19.4 Å². The van der Waals surface area contributed by atoms with Crippen LogP contribution < -0.4 is 5.32 Å². The maximum Gasteiger partial charge on any atom is 0.270 e. The average molecular weight is 319 g/mol. The fraction of sp³-hybridized carbons (Fsp3) is 0.200. The standard InChI is InChI=1S/C15H15BrN2O/c1-2-13(11-6-4-3-5-7-11)18-15(19)14-10-12(16)8-9-17-14/h3-10,13H,2H2,1H3,(H,18,19). The molecule has 0 saturated carbocycles. The van der Waals surface area contributed by atoms with Gasteiger partial charge in [0.2, 0.25) is 0 Å². The molecule has 0 radical (unpaired) electrons. The zero-order chi connectivity index (χ0) is 13.7. The Morgan fingerprint density at radius 3 is 2.68 bits per heavy atom. The molecule has 0 spiro atoms. The summed E-state index contributed by atoms with van der Waals surface area (Å²) in [5.41, 5.74) is 1.53. The molecule has 1 unspecified atom stereocenters. The molecule has 3 nitrogen and oxygen atoms in total. The molecule has 1 heterocycles. The number of nitrogens with one attached hydrogen (secondary N) is 1. The number of aromatic nitrogens is 1. The molecule has 1 amide bonds. The number of amides is 1. The van der Waals surface area contributed by atoms with Crippen LogP contribution in [-0.2, 0) is 0 Å². The van der Waals surface area contributed by atoms with Crippen LogP contribution in [0.2, 0.25) is 0 Å². The van der Waals surface area contributed by atoms with Crippen molar-refractivity contribution in [3.63, 3.8) is 0 Å². The van der Waals surface area contributed by atoms with Gasteiger partial charge < -0.3 is 5.32 Å². The van der Waals surface area contributed by atoms with Gasteiger partial charge in [-0.05, 0) is 24.1 Å².